The predicted molar refractivity (Wildman–Crippen MR) is 104 cm³/mol. The molecule has 0 aliphatic carbocycles. The molecule has 0 atom stereocenters. The highest BCUT2D eigenvalue weighted by molar-refractivity contribution is 5.74. The zero-order valence-corrected chi connectivity index (χ0v) is 16.3. The molecule has 2 amide bonds. The average molecular weight is 374 g/mol. The van der Waals surface area contributed by atoms with Crippen LogP contribution in [0.2, 0.25) is 0 Å². The number of benzene rings is 2. The maximum atomic E-state index is 13.1. The van der Waals surface area contributed by atoms with Gasteiger partial charge in [-0.2, -0.15) is 0 Å². The molecule has 0 radical (unpaired) electrons. The second kappa shape index (κ2) is 9.26. The van der Waals surface area contributed by atoms with Crippen LogP contribution in [0.1, 0.15) is 25.0 Å². The largest absolute Gasteiger partial charge is 0.493 e. The highest BCUT2D eigenvalue weighted by Gasteiger charge is 2.21. The van der Waals surface area contributed by atoms with Gasteiger partial charge in [-0.1, -0.05) is 32.0 Å². The van der Waals surface area contributed by atoms with Crippen LogP contribution in [0, 0.1) is 5.82 Å². The van der Waals surface area contributed by atoms with Crippen molar-refractivity contribution in [3.05, 3.63) is 59.4 Å². The van der Waals surface area contributed by atoms with Crippen molar-refractivity contribution in [2.24, 2.45) is 0 Å². The highest BCUT2D eigenvalue weighted by Crippen LogP contribution is 2.27. The summed E-state index contributed by atoms with van der Waals surface area (Å²) in [5, 5.41) is 5.72. The second-order valence-electron chi connectivity index (χ2n) is 6.94. The number of methoxy groups -OCH3 is 2. The summed E-state index contributed by atoms with van der Waals surface area (Å²) in [6.07, 6.45) is 0.676. The number of carbonyl (C=O) groups is 1. The van der Waals surface area contributed by atoms with Crippen molar-refractivity contribution in [3.63, 3.8) is 0 Å². The molecule has 5 nitrogen and oxygen atoms in total. The normalized spacial score (nSPS) is 11.0. The van der Waals surface area contributed by atoms with Crippen LogP contribution in [0.3, 0.4) is 0 Å². The Balaban J connectivity index is 1.80. The van der Waals surface area contributed by atoms with Crippen LogP contribution >= 0.6 is 0 Å². The van der Waals surface area contributed by atoms with Gasteiger partial charge in [0.2, 0.25) is 0 Å². The van der Waals surface area contributed by atoms with Gasteiger partial charge in [0.1, 0.15) is 5.82 Å². The monoisotopic (exact) mass is 374 g/mol. The zero-order valence-electron chi connectivity index (χ0n) is 16.3. The van der Waals surface area contributed by atoms with Gasteiger partial charge >= 0.3 is 6.03 Å². The van der Waals surface area contributed by atoms with Gasteiger partial charge in [0.05, 0.1) is 14.2 Å². The lowest BCUT2D eigenvalue weighted by molar-refractivity contribution is 0.238. The summed E-state index contributed by atoms with van der Waals surface area (Å²) >= 11 is 0. The fourth-order valence-electron chi connectivity index (χ4n) is 2.72. The van der Waals surface area contributed by atoms with Crippen LogP contribution in [0.4, 0.5) is 9.18 Å². The highest BCUT2D eigenvalue weighted by atomic mass is 19.1. The van der Waals surface area contributed by atoms with Crippen molar-refractivity contribution < 1.29 is 18.7 Å². The molecule has 0 saturated carbocycles. The molecular weight excluding hydrogens is 347 g/mol. The lowest BCUT2D eigenvalue weighted by Gasteiger charge is -2.25. The first kappa shape index (κ1) is 20.6. The minimum atomic E-state index is -0.297. The molecule has 0 aliphatic heterocycles. The summed E-state index contributed by atoms with van der Waals surface area (Å²) in [5.41, 5.74) is 1.71. The van der Waals surface area contributed by atoms with Gasteiger partial charge in [0.15, 0.2) is 11.5 Å². The lowest BCUT2D eigenvalue weighted by atomic mass is 9.84. The standard InChI is InChI=1S/C21H27FN2O3/c1-21(2,16-6-8-17(22)9-7-16)14-24-20(25)23-12-11-15-5-10-18(26-3)19(13-15)27-4/h5-10,13H,11-12,14H2,1-4H3,(H2,23,24,25). The summed E-state index contributed by atoms with van der Waals surface area (Å²) in [7, 11) is 3.19. The molecule has 6 heteroatoms. The number of amides is 2. The molecule has 0 aromatic heterocycles. The molecule has 0 saturated heterocycles. The van der Waals surface area contributed by atoms with Crippen LogP contribution in [0.5, 0.6) is 11.5 Å². The number of hydrogen-bond donors (Lipinski definition) is 2. The molecular formula is C21H27FN2O3. The maximum absolute atomic E-state index is 13.1. The summed E-state index contributed by atoms with van der Waals surface area (Å²) < 4.78 is 23.6. The Morgan fingerprint density at radius 3 is 2.30 bits per heavy atom. The molecule has 0 unspecified atom stereocenters. The Hall–Kier alpha value is -2.76. The number of urea groups is 1. The molecule has 146 valence electrons. The van der Waals surface area contributed by atoms with Crippen molar-refractivity contribution in [3.8, 4) is 11.5 Å². The molecule has 27 heavy (non-hydrogen) atoms. The average Bonchev–Trinajstić information content (AvgIpc) is 2.66. The first-order valence-corrected chi connectivity index (χ1v) is 8.84. The van der Waals surface area contributed by atoms with Gasteiger partial charge in [-0.3, -0.25) is 0 Å². The van der Waals surface area contributed by atoms with E-state index in [2.05, 4.69) is 10.6 Å². The van der Waals surface area contributed by atoms with E-state index in [1.807, 2.05) is 32.0 Å². The van der Waals surface area contributed by atoms with E-state index in [1.165, 1.54) is 12.1 Å². The second-order valence-corrected chi connectivity index (χ2v) is 6.94. The fourth-order valence-corrected chi connectivity index (χ4v) is 2.72. The van der Waals surface area contributed by atoms with E-state index >= 15 is 0 Å². The van der Waals surface area contributed by atoms with E-state index in [0.29, 0.717) is 31.0 Å². The quantitative estimate of drug-likeness (QED) is 0.741. The molecule has 0 aliphatic rings. The van der Waals surface area contributed by atoms with Gasteiger partial charge in [-0.15, -0.1) is 0 Å². The van der Waals surface area contributed by atoms with Crippen molar-refractivity contribution in [2.45, 2.75) is 25.7 Å². The predicted octanol–water partition coefficient (Wildman–Crippen LogP) is 3.66. The topological polar surface area (TPSA) is 59.6 Å². The first-order chi connectivity index (χ1) is 12.9. The Morgan fingerprint density at radius 2 is 1.67 bits per heavy atom. The molecule has 2 aromatic carbocycles. The lowest BCUT2D eigenvalue weighted by Crippen LogP contribution is -2.42. The summed E-state index contributed by atoms with van der Waals surface area (Å²) in [6, 6.07) is 11.8. The van der Waals surface area contributed by atoms with E-state index in [1.54, 1.807) is 26.4 Å². The number of ether oxygens (including phenoxy) is 2. The Kier molecular flexibility index (Phi) is 7.05. The summed E-state index contributed by atoms with van der Waals surface area (Å²) in [6.45, 7) is 4.95. The Morgan fingerprint density at radius 1 is 1.00 bits per heavy atom. The van der Waals surface area contributed by atoms with E-state index in [0.717, 1.165) is 11.1 Å². The van der Waals surface area contributed by atoms with Crippen LogP contribution in [0.25, 0.3) is 0 Å². The summed E-state index contributed by atoms with van der Waals surface area (Å²) in [5.74, 6) is 1.07. The van der Waals surface area contributed by atoms with E-state index in [-0.39, 0.29) is 17.3 Å². The van der Waals surface area contributed by atoms with Gasteiger partial charge in [-0.25, -0.2) is 9.18 Å². The van der Waals surface area contributed by atoms with Crippen molar-refractivity contribution in [2.75, 3.05) is 27.3 Å². The molecule has 2 aromatic rings. The van der Waals surface area contributed by atoms with Gasteiger partial charge in [-0.05, 0) is 41.8 Å². The third kappa shape index (κ3) is 5.88. The van der Waals surface area contributed by atoms with Crippen LogP contribution in [-0.2, 0) is 11.8 Å². The SMILES string of the molecule is COc1ccc(CCNC(=O)NCC(C)(C)c2ccc(F)cc2)cc1OC. The minimum Gasteiger partial charge on any atom is -0.493 e. The molecule has 2 N–H and O–H groups in total. The fraction of sp³-hybridized carbons (Fsp3) is 0.381. The number of halogens is 1. The molecule has 0 spiro atoms. The third-order valence-electron chi connectivity index (χ3n) is 4.46. The smallest absolute Gasteiger partial charge is 0.314 e. The molecule has 2 rings (SSSR count). The van der Waals surface area contributed by atoms with Crippen molar-refractivity contribution in [1.29, 1.82) is 0 Å². The zero-order chi connectivity index (χ0) is 19.9. The Bertz CT molecular complexity index is 761. The molecule has 0 fully saturated rings. The third-order valence-corrected chi connectivity index (χ3v) is 4.46. The number of carbonyl (C=O) groups excluding carboxylic acids is 1. The maximum Gasteiger partial charge on any atom is 0.314 e. The molecule has 0 bridgehead atoms. The van der Waals surface area contributed by atoms with Crippen LogP contribution < -0.4 is 20.1 Å². The molecule has 0 heterocycles. The van der Waals surface area contributed by atoms with Crippen molar-refractivity contribution in [1.82, 2.24) is 10.6 Å². The Labute approximate surface area is 159 Å². The number of hydrogen-bond acceptors (Lipinski definition) is 3. The van der Waals surface area contributed by atoms with E-state index in [9.17, 15) is 9.18 Å². The van der Waals surface area contributed by atoms with Gasteiger partial charge in [0, 0.05) is 18.5 Å². The van der Waals surface area contributed by atoms with Crippen LogP contribution in [0.15, 0.2) is 42.5 Å². The van der Waals surface area contributed by atoms with Crippen molar-refractivity contribution >= 4 is 6.03 Å². The minimum absolute atomic E-state index is 0.231. The summed E-state index contributed by atoms with van der Waals surface area (Å²) in [4.78, 5) is 12.1. The van der Waals surface area contributed by atoms with Gasteiger partial charge < -0.3 is 20.1 Å². The van der Waals surface area contributed by atoms with Gasteiger partial charge in [0.25, 0.3) is 0 Å². The number of nitrogens with one attached hydrogen (secondary N) is 2. The van der Waals surface area contributed by atoms with Crippen LogP contribution in [-0.4, -0.2) is 33.3 Å². The van der Waals surface area contributed by atoms with E-state index in [4.69, 9.17) is 9.47 Å². The van der Waals surface area contributed by atoms with E-state index < -0.39 is 0 Å². The first-order valence-electron chi connectivity index (χ1n) is 8.84. The number of rotatable bonds is 8.